The molecule has 1 amide bonds. The van der Waals surface area contributed by atoms with Gasteiger partial charge in [0.25, 0.3) is 0 Å². The SMILES string of the molecule is O=C(N1CCOC(c2ccccc2)C1)n1ccnc1. The molecule has 1 aromatic heterocycles. The van der Waals surface area contributed by atoms with Crippen LogP contribution in [-0.4, -0.2) is 40.2 Å². The van der Waals surface area contributed by atoms with E-state index < -0.39 is 0 Å². The number of amides is 1. The molecule has 0 spiro atoms. The van der Waals surface area contributed by atoms with Crippen molar-refractivity contribution in [2.75, 3.05) is 19.7 Å². The largest absolute Gasteiger partial charge is 0.370 e. The summed E-state index contributed by atoms with van der Waals surface area (Å²) in [7, 11) is 0. The molecule has 2 heterocycles. The third-order valence-electron chi connectivity index (χ3n) is 3.23. The Kier molecular flexibility index (Phi) is 3.29. The van der Waals surface area contributed by atoms with Crippen LogP contribution < -0.4 is 0 Å². The molecule has 0 aliphatic carbocycles. The molecule has 1 aliphatic rings. The Hall–Kier alpha value is -2.14. The molecule has 3 rings (SSSR count). The van der Waals surface area contributed by atoms with E-state index in [1.165, 1.54) is 10.9 Å². The van der Waals surface area contributed by atoms with Gasteiger partial charge in [0.15, 0.2) is 0 Å². The first-order valence-electron chi connectivity index (χ1n) is 6.28. The van der Waals surface area contributed by atoms with Gasteiger partial charge in [-0.25, -0.2) is 9.78 Å². The molecule has 2 aromatic rings. The average Bonchev–Trinajstić information content (AvgIpc) is 3.02. The second-order valence-electron chi connectivity index (χ2n) is 4.47. The van der Waals surface area contributed by atoms with Crippen LogP contribution in [-0.2, 0) is 4.74 Å². The molecule has 1 fully saturated rings. The Bertz CT molecular complexity index is 539. The molecule has 5 heteroatoms. The van der Waals surface area contributed by atoms with Crippen LogP contribution in [0.3, 0.4) is 0 Å². The third kappa shape index (κ3) is 2.51. The Morgan fingerprint density at radius 1 is 1.32 bits per heavy atom. The number of aromatic nitrogens is 2. The summed E-state index contributed by atoms with van der Waals surface area (Å²) in [6.07, 6.45) is 4.74. The van der Waals surface area contributed by atoms with Gasteiger partial charge in [-0.2, -0.15) is 0 Å². The average molecular weight is 257 g/mol. The van der Waals surface area contributed by atoms with E-state index in [1.54, 1.807) is 17.3 Å². The van der Waals surface area contributed by atoms with Crippen LogP contribution in [0.1, 0.15) is 11.7 Å². The Morgan fingerprint density at radius 2 is 2.16 bits per heavy atom. The highest BCUT2D eigenvalue weighted by Gasteiger charge is 2.25. The zero-order chi connectivity index (χ0) is 13.1. The normalized spacial score (nSPS) is 19.4. The number of carbonyl (C=O) groups is 1. The Balaban J connectivity index is 1.73. The zero-order valence-corrected chi connectivity index (χ0v) is 10.5. The van der Waals surface area contributed by atoms with Gasteiger partial charge in [-0.15, -0.1) is 0 Å². The first-order valence-corrected chi connectivity index (χ1v) is 6.28. The maximum absolute atomic E-state index is 12.2. The van der Waals surface area contributed by atoms with Gasteiger partial charge in [0.1, 0.15) is 12.4 Å². The van der Waals surface area contributed by atoms with Crippen molar-refractivity contribution in [3.63, 3.8) is 0 Å². The van der Waals surface area contributed by atoms with Crippen molar-refractivity contribution in [1.29, 1.82) is 0 Å². The molecule has 1 aromatic carbocycles. The molecular weight excluding hydrogens is 242 g/mol. The lowest BCUT2D eigenvalue weighted by atomic mass is 10.1. The van der Waals surface area contributed by atoms with Gasteiger partial charge in [-0.3, -0.25) is 4.57 Å². The summed E-state index contributed by atoms with van der Waals surface area (Å²) in [6.45, 7) is 1.74. The van der Waals surface area contributed by atoms with Crippen LogP contribution in [0.15, 0.2) is 49.1 Å². The van der Waals surface area contributed by atoms with Crippen molar-refractivity contribution >= 4 is 6.03 Å². The van der Waals surface area contributed by atoms with Crippen LogP contribution in [0.2, 0.25) is 0 Å². The lowest BCUT2D eigenvalue weighted by Crippen LogP contribution is -2.43. The number of hydrogen-bond donors (Lipinski definition) is 0. The number of benzene rings is 1. The minimum absolute atomic E-state index is 0.0533. The maximum Gasteiger partial charge on any atom is 0.329 e. The standard InChI is InChI=1S/C14H15N3O2/c18-14(17-7-6-15-11-17)16-8-9-19-13(10-16)12-4-2-1-3-5-12/h1-7,11,13H,8-10H2. The molecule has 1 saturated heterocycles. The number of imidazole rings is 1. The third-order valence-corrected chi connectivity index (χ3v) is 3.23. The second-order valence-corrected chi connectivity index (χ2v) is 4.47. The fourth-order valence-electron chi connectivity index (χ4n) is 2.23. The Labute approximate surface area is 111 Å². The van der Waals surface area contributed by atoms with Crippen molar-refractivity contribution < 1.29 is 9.53 Å². The molecular formula is C14H15N3O2. The van der Waals surface area contributed by atoms with E-state index in [-0.39, 0.29) is 12.1 Å². The van der Waals surface area contributed by atoms with Gasteiger partial charge in [-0.05, 0) is 5.56 Å². The summed E-state index contributed by atoms with van der Waals surface area (Å²) in [6, 6.07) is 9.93. The predicted molar refractivity (Wildman–Crippen MR) is 69.7 cm³/mol. The van der Waals surface area contributed by atoms with Crippen molar-refractivity contribution in [3.05, 3.63) is 54.6 Å². The topological polar surface area (TPSA) is 47.4 Å². The number of morpholine rings is 1. The number of ether oxygens (including phenoxy) is 1. The monoisotopic (exact) mass is 257 g/mol. The molecule has 0 N–H and O–H groups in total. The fraction of sp³-hybridized carbons (Fsp3) is 0.286. The fourth-order valence-corrected chi connectivity index (χ4v) is 2.23. The summed E-state index contributed by atoms with van der Waals surface area (Å²) < 4.78 is 7.24. The molecule has 1 unspecified atom stereocenters. The smallest absolute Gasteiger partial charge is 0.329 e. The lowest BCUT2D eigenvalue weighted by molar-refractivity contribution is -0.0152. The highest BCUT2D eigenvalue weighted by Crippen LogP contribution is 2.22. The molecule has 1 atom stereocenters. The quantitative estimate of drug-likeness (QED) is 0.784. The van der Waals surface area contributed by atoms with E-state index in [0.717, 1.165) is 5.56 Å². The first-order chi connectivity index (χ1) is 9.34. The van der Waals surface area contributed by atoms with E-state index in [1.807, 2.05) is 30.3 Å². The maximum atomic E-state index is 12.2. The molecule has 0 saturated carbocycles. The van der Waals surface area contributed by atoms with E-state index in [4.69, 9.17) is 4.74 Å². The van der Waals surface area contributed by atoms with Crippen LogP contribution >= 0.6 is 0 Å². The van der Waals surface area contributed by atoms with Crippen LogP contribution in [0.25, 0.3) is 0 Å². The Morgan fingerprint density at radius 3 is 2.89 bits per heavy atom. The predicted octanol–water partition coefficient (Wildman–Crippen LogP) is 1.92. The number of carbonyl (C=O) groups excluding carboxylic acids is 1. The molecule has 1 aliphatic heterocycles. The molecule has 0 radical (unpaired) electrons. The van der Waals surface area contributed by atoms with Gasteiger partial charge >= 0.3 is 6.03 Å². The molecule has 5 nitrogen and oxygen atoms in total. The van der Waals surface area contributed by atoms with E-state index in [9.17, 15) is 4.79 Å². The first kappa shape index (κ1) is 11.9. The van der Waals surface area contributed by atoms with Crippen molar-refractivity contribution in [2.45, 2.75) is 6.10 Å². The van der Waals surface area contributed by atoms with Gasteiger partial charge in [0.05, 0.1) is 13.2 Å². The highest BCUT2D eigenvalue weighted by atomic mass is 16.5. The number of hydrogen-bond acceptors (Lipinski definition) is 3. The highest BCUT2D eigenvalue weighted by molar-refractivity contribution is 5.76. The summed E-state index contributed by atoms with van der Waals surface area (Å²) in [5, 5.41) is 0. The van der Waals surface area contributed by atoms with Gasteiger partial charge in [0.2, 0.25) is 0 Å². The van der Waals surface area contributed by atoms with E-state index in [2.05, 4.69) is 4.98 Å². The minimum atomic E-state index is -0.0540. The van der Waals surface area contributed by atoms with Gasteiger partial charge < -0.3 is 9.64 Å². The number of nitrogens with zero attached hydrogens (tertiary/aromatic N) is 3. The van der Waals surface area contributed by atoms with Crippen LogP contribution in [0, 0.1) is 0 Å². The van der Waals surface area contributed by atoms with Crippen molar-refractivity contribution in [1.82, 2.24) is 14.5 Å². The zero-order valence-electron chi connectivity index (χ0n) is 10.5. The summed E-state index contributed by atoms with van der Waals surface area (Å²) in [4.78, 5) is 17.9. The van der Waals surface area contributed by atoms with Gasteiger partial charge in [0, 0.05) is 18.9 Å². The van der Waals surface area contributed by atoms with E-state index >= 15 is 0 Å². The number of rotatable bonds is 1. The van der Waals surface area contributed by atoms with Crippen molar-refractivity contribution in [2.24, 2.45) is 0 Å². The van der Waals surface area contributed by atoms with Crippen LogP contribution in [0.4, 0.5) is 4.79 Å². The van der Waals surface area contributed by atoms with Crippen molar-refractivity contribution in [3.8, 4) is 0 Å². The summed E-state index contributed by atoms with van der Waals surface area (Å²) in [5.41, 5.74) is 1.10. The molecule has 0 bridgehead atoms. The van der Waals surface area contributed by atoms with Crippen LogP contribution in [0.5, 0.6) is 0 Å². The second kappa shape index (κ2) is 5.24. The summed E-state index contributed by atoms with van der Waals surface area (Å²) >= 11 is 0. The van der Waals surface area contributed by atoms with E-state index in [0.29, 0.717) is 19.7 Å². The minimum Gasteiger partial charge on any atom is -0.370 e. The molecule has 98 valence electrons. The summed E-state index contributed by atoms with van der Waals surface area (Å²) in [5.74, 6) is 0. The lowest BCUT2D eigenvalue weighted by Gasteiger charge is -2.33. The van der Waals surface area contributed by atoms with Gasteiger partial charge in [-0.1, -0.05) is 30.3 Å². The molecule has 19 heavy (non-hydrogen) atoms.